The van der Waals surface area contributed by atoms with Crippen molar-refractivity contribution in [3.63, 3.8) is 0 Å². The van der Waals surface area contributed by atoms with Gasteiger partial charge in [0.15, 0.2) is 12.1 Å². The zero-order valence-corrected chi connectivity index (χ0v) is 24.3. The zero-order chi connectivity index (χ0) is 29.8. The number of hydrogen-bond acceptors (Lipinski definition) is 7. The molecule has 0 saturated carbocycles. The standard InChI is InChI=1S/C36H33N5O2/c1-23-27(19-33-34-28(12-14-37-33)18-26(22-43)21-39-34)8-5-9-30(23)31-10-6-11-32(24(31)2)41-36-35-29(13-15-38-36)17-25(20-40-35)7-3-4-16-42/h5-6,8-15,17-18,20-22,42H,3-4,7,16,19H2,1-2H3,(H,38,41). The number of nitrogens with one attached hydrogen (secondary N) is 1. The Hall–Kier alpha value is -5.01. The Kier molecular flexibility index (Phi) is 8.16. The zero-order valence-electron chi connectivity index (χ0n) is 24.3. The number of unbranched alkanes of at least 4 members (excludes halogenated alkanes) is 1. The number of nitrogens with zero attached hydrogens (tertiary/aromatic N) is 4. The molecule has 0 bridgehead atoms. The van der Waals surface area contributed by atoms with Crippen LogP contribution in [-0.4, -0.2) is 37.9 Å². The van der Waals surface area contributed by atoms with E-state index in [-0.39, 0.29) is 6.61 Å². The lowest BCUT2D eigenvalue weighted by molar-refractivity contribution is 0.112. The Morgan fingerprint density at radius 3 is 2.35 bits per heavy atom. The van der Waals surface area contributed by atoms with E-state index in [1.807, 2.05) is 30.6 Å². The minimum absolute atomic E-state index is 0.213. The minimum atomic E-state index is 0.213. The Morgan fingerprint density at radius 2 is 1.53 bits per heavy atom. The molecule has 4 heterocycles. The van der Waals surface area contributed by atoms with E-state index in [1.54, 1.807) is 12.4 Å². The summed E-state index contributed by atoms with van der Waals surface area (Å²) in [5.74, 6) is 0.720. The maximum absolute atomic E-state index is 11.2. The number of carbonyl (C=O) groups is 1. The minimum Gasteiger partial charge on any atom is -0.396 e. The van der Waals surface area contributed by atoms with Gasteiger partial charge in [0.1, 0.15) is 5.52 Å². The maximum Gasteiger partial charge on any atom is 0.156 e. The highest BCUT2D eigenvalue weighted by Crippen LogP contribution is 2.35. The van der Waals surface area contributed by atoms with Gasteiger partial charge >= 0.3 is 0 Å². The van der Waals surface area contributed by atoms with Crippen LogP contribution in [0.3, 0.4) is 0 Å². The first-order valence-corrected chi connectivity index (χ1v) is 14.5. The Balaban J connectivity index is 1.30. The third-order valence-corrected chi connectivity index (χ3v) is 8.04. The molecule has 6 rings (SSSR count). The molecule has 0 aliphatic carbocycles. The molecule has 2 aromatic carbocycles. The van der Waals surface area contributed by atoms with Crippen LogP contribution in [0.15, 0.2) is 85.5 Å². The van der Waals surface area contributed by atoms with Crippen LogP contribution in [0.2, 0.25) is 0 Å². The van der Waals surface area contributed by atoms with Crippen molar-refractivity contribution in [1.82, 2.24) is 19.9 Å². The largest absolute Gasteiger partial charge is 0.396 e. The fourth-order valence-corrected chi connectivity index (χ4v) is 5.64. The molecule has 0 radical (unpaired) electrons. The summed E-state index contributed by atoms with van der Waals surface area (Å²) in [7, 11) is 0. The molecule has 214 valence electrons. The molecule has 0 atom stereocenters. The fraction of sp³-hybridized carbons (Fsp3) is 0.194. The second kappa shape index (κ2) is 12.5. The van der Waals surface area contributed by atoms with Crippen molar-refractivity contribution in [2.45, 2.75) is 39.5 Å². The lowest BCUT2D eigenvalue weighted by Gasteiger charge is -2.17. The smallest absolute Gasteiger partial charge is 0.156 e. The molecule has 0 aliphatic rings. The molecule has 0 unspecified atom stereocenters. The summed E-state index contributed by atoms with van der Waals surface area (Å²) < 4.78 is 0. The van der Waals surface area contributed by atoms with E-state index >= 15 is 0 Å². The number of fused-ring (bicyclic) bond motifs is 2. The molecular weight excluding hydrogens is 534 g/mol. The number of hydrogen-bond donors (Lipinski definition) is 2. The Labute approximate surface area is 250 Å². The van der Waals surface area contributed by atoms with Gasteiger partial charge in [-0.2, -0.15) is 0 Å². The van der Waals surface area contributed by atoms with E-state index in [0.717, 1.165) is 86.8 Å². The highest BCUT2D eigenvalue weighted by molar-refractivity contribution is 5.91. The Morgan fingerprint density at radius 1 is 0.791 bits per heavy atom. The number of aryl methyl sites for hydroxylation is 1. The molecule has 0 aliphatic heterocycles. The van der Waals surface area contributed by atoms with Crippen molar-refractivity contribution in [3.8, 4) is 11.1 Å². The molecule has 4 aromatic heterocycles. The van der Waals surface area contributed by atoms with Gasteiger partial charge in [-0.15, -0.1) is 0 Å². The van der Waals surface area contributed by atoms with Crippen LogP contribution < -0.4 is 5.32 Å². The number of aromatic nitrogens is 4. The molecule has 0 saturated heterocycles. The van der Waals surface area contributed by atoms with Crippen LogP contribution in [-0.2, 0) is 12.8 Å². The number of anilines is 2. The normalized spacial score (nSPS) is 11.2. The summed E-state index contributed by atoms with van der Waals surface area (Å²) in [5.41, 5.74) is 11.0. The number of pyridine rings is 4. The average Bonchev–Trinajstić information content (AvgIpc) is 3.03. The van der Waals surface area contributed by atoms with Crippen LogP contribution >= 0.6 is 0 Å². The van der Waals surface area contributed by atoms with E-state index in [9.17, 15) is 4.79 Å². The van der Waals surface area contributed by atoms with Crippen LogP contribution in [0.5, 0.6) is 0 Å². The van der Waals surface area contributed by atoms with E-state index in [1.165, 1.54) is 11.1 Å². The van der Waals surface area contributed by atoms with Crippen molar-refractivity contribution in [2.24, 2.45) is 0 Å². The summed E-state index contributed by atoms with van der Waals surface area (Å²) in [5, 5.41) is 14.6. The third-order valence-electron chi connectivity index (χ3n) is 8.04. The van der Waals surface area contributed by atoms with Crippen molar-refractivity contribution in [1.29, 1.82) is 0 Å². The van der Waals surface area contributed by atoms with Gasteiger partial charge in [-0.25, -0.2) is 4.98 Å². The summed E-state index contributed by atoms with van der Waals surface area (Å²) >= 11 is 0. The lowest BCUT2D eigenvalue weighted by atomic mass is 9.91. The van der Waals surface area contributed by atoms with Gasteiger partial charge in [0, 0.05) is 59.8 Å². The highest BCUT2D eigenvalue weighted by atomic mass is 16.2. The number of aliphatic hydroxyl groups is 1. The number of aliphatic hydroxyl groups excluding tert-OH is 1. The summed E-state index contributed by atoms with van der Waals surface area (Å²) in [6, 6.07) is 20.6. The molecule has 0 spiro atoms. The van der Waals surface area contributed by atoms with Gasteiger partial charge in [0.2, 0.25) is 0 Å². The van der Waals surface area contributed by atoms with E-state index in [0.29, 0.717) is 12.0 Å². The third kappa shape index (κ3) is 5.85. The molecule has 0 amide bonds. The highest BCUT2D eigenvalue weighted by Gasteiger charge is 2.15. The second-order valence-corrected chi connectivity index (χ2v) is 10.8. The van der Waals surface area contributed by atoms with Crippen LogP contribution in [0.4, 0.5) is 11.5 Å². The first kappa shape index (κ1) is 28.1. The number of benzene rings is 2. The van der Waals surface area contributed by atoms with Crippen molar-refractivity contribution < 1.29 is 9.90 Å². The summed E-state index contributed by atoms with van der Waals surface area (Å²) in [6.45, 7) is 4.49. The number of aldehydes is 1. The van der Waals surface area contributed by atoms with Crippen molar-refractivity contribution in [3.05, 3.63) is 119 Å². The molecule has 2 N–H and O–H groups in total. The molecule has 7 nitrogen and oxygen atoms in total. The number of carbonyl (C=O) groups excluding carboxylic acids is 1. The van der Waals surface area contributed by atoms with Crippen LogP contribution in [0, 0.1) is 13.8 Å². The van der Waals surface area contributed by atoms with E-state index in [4.69, 9.17) is 10.1 Å². The topological polar surface area (TPSA) is 101 Å². The molecule has 6 aromatic rings. The monoisotopic (exact) mass is 567 g/mol. The molecule has 0 fully saturated rings. The van der Waals surface area contributed by atoms with E-state index in [2.05, 4.69) is 76.6 Å². The molecule has 43 heavy (non-hydrogen) atoms. The second-order valence-electron chi connectivity index (χ2n) is 10.8. The van der Waals surface area contributed by atoms with Gasteiger partial charge < -0.3 is 10.4 Å². The first-order chi connectivity index (χ1) is 21.1. The molecule has 7 heteroatoms. The predicted molar refractivity (Wildman–Crippen MR) is 172 cm³/mol. The van der Waals surface area contributed by atoms with Gasteiger partial charge in [0.25, 0.3) is 0 Å². The van der Waals surface area contributed by atoms with Gasteiger partial charge in [0.05, 0.1) is 11.2 Å². The van der Waals surface area contributed by atoms with E-state index < -0.39 is 0 Å². The fourth-order valence-electron chi connectivity index (χ4n) is 5.64. The van der Waals surface area contributed by atoms with Crippen molar-refractivity contribution >= 4 is 39.6 Å². The quantitative estimate of drug-likeness (QED) is 0.132. The lowest BCUT2D eigenvalue weighted by Crippen LogP contribution is -2.01. The summed E-state index contributed by atoms with van der Waals surface area (Å²) in [4.78, 5) is 29.8. The maximum atomic E-state index is 11.2. The van der Waals surface area contributed by atoms with Crippen molar-refractivity contribution in [2.75, 3.05) is 11.9 Å². The number of rotatable bonds is 10. The summed E-state index contributed by atoms with van der Waals surface area (Å²) in [6.07, 6.45) is 11.2. The van der Waals surface area contributed by atoms with Crippen LogP contribution in [0.1, 0.15) is 51.1 Å². The van der Waals surface area contributed by atoms with Crippen LogP contribution in [0.25, 0.3) is 32.9 Å². The van der Waals surface area contributed by atoms with Gasteiger partial charge in [-0.05, 0) is 96.8 Å². The SMILES string of the molecule is Cc1c(Cc2nccc3cc(C=O)cnc23)cccc1-c1cccc(Nc2nccc3cc(CCCCO)cnc23)c1C. The average molecular weight is 568 g/mol. The predicted octanol–water partition coefficient (Wildman–Crippen LogP) is 7.32. The van der Waals surface area contributed by atoms with Gasteiger partial charge in [-0.3, -0.25) is 19.7 Å². The molecular formula is C36H33N5O2. The first-order valence-electron chi connectivity index (χ1n) is 14.5. The Bertz CT molecular complexity index is 1950. The van der Waals surface area contributed by atoms with Gasteiger partial charge in [-0.1, -0.05) is 30.3 Å².